The van der Waals surface area contributed by atoms with Crippen LogP contribution in [-0.4, -0.2) is 53.5 Å². The van der Waals surface area contributed by atoms with Gasteiger partial charge >= 0.3 is 5.97 Å². The standard InChI is InChI=1S/C29H44O6/c1-16-27(32)24(30)14-26(34-16)35-19-8-10-28(2)18(13-19)4-5-20-22-7-6-21(17-12-25(31)33-15-17)29(22,3)11-9-23(20)28/h12,16,18-24,26-27,30,32H,4-11,13-15H2,1-3H3/t16-,18?,19?,20+,21-,22-,23+,24+,26+,27-,28+,29-/m1/s1. The molecular weight excluding hydrogens is 444 g/mol. The summed E-state index contributed by atoms with van der Waals surface area (Å²) in [7, 11) is 0. The molecule has 0 aromatic carbocycles. The molecular formula is C29H44O6. The van der Waals surface area contributed by atoms with Crippen molar-refractivity contribution in [3.8, 4) is 0 Å². The fraction of sp³-hybridized carbons (Fsp3) is 0.897. The van der Waals surface area contributed by atoms with Crippen LogP contribution in [-0.2, 0) is 19.0 Å². The third kappa shape index (κ3) is 3.93. The molecule has 4 aliphatic carbocycles. The fourth-order valence-electron chi connectivity index (χ4n) is 9.87. The monoisotopic (exact) mass is 488 g/mol. The highest BCUT2D eigenvalue weighted by atomic mass is 16.7. The highest BCUT2D eigenvalue weighted by Gasteiger charge is 2.61. The maximum absolute atomic E-state index is 11.8. The van der Waals surface area contributed by atoms with Crippen LogP contribution in [0.1, 0.15) is 85.0 Å². The predicted octanol–water partition coefficient (Wildman–Crippen LogP) is 4.37. The second kappa shape index (κ2) is 8.82. The van der Waals surface area contributed by atoms with E-state index >= 15 is 0 Å². The molecule has 35 heavy (non-hydrogen) atoms. The van der Waals surface area contributed by atoms with Gasteiger partial charge in [-0.25, -0.2) is 4.79 Å². The van der Waals surface area contributed by atoms with Crippen LogP contribution < -0.4 is 0 Å². The summed E-state index contributed by atoms with van der Waals surface area (Å²) in [6, 6.07) is 0. The summed E-state index contributed by atoms with van der Waals surface area (Å²) >= 11 is 0. The lowest BCUT2D eigenvalue weighted by atomic mass is 9.44. The van der Waals surface area contributed by atoms with E-state index in [0.717, 1.165) is 30.6 Å². The first-order valence-electron chi connectivity index (χ1n) is 14.2. The van der Waals surface area contributed by atoms with Crippen molar-refractivity contribution in [2.24, 2.45) is 40.4 Å². The number of cyclic esters (lactones) is 1. The molecule has 0 spiro atoms. The molecule has 2 unspecified atom stereocenters. The fourth-order valence-corrected chi connectivity index (χ4v) is 9.87. The highest BCUT2D eigenvalue weighted by Crippen LogP contribution is 2.68. The van der Waals surface area contributed by atoms with E-state index in [-0.39, 0.29) is 12.1 Å². The summed E-state index contributed by atoms with van der Waals surface area (Å²) in [5, 5.41) is 20.2. The number of carbonyl (C=O) groups excluding carboxylic acids is 1. The Kier molecular flexibility index (Phi) is 6.14. The van der Waals surface area contributed by atoms with Gasteiger partial charge in [0.2, 0.25) is 0 Å². The number of rotatable bonds is 3. The number of ether oxygens (including phenoxy) is 3. The molecule has 6 nitrogen and oxygen atoms in total. The van der Waals surface area contributed by atoms with Gasteiger partial charge in [-0.05, 0) is 111 Å². The van der Waals surface area contributed by atoms with E-state index in [1.54, 1.807) is 13.0 Å². The van der Waals surface area contributed by atoms with Crippen LogP contribution >= 0.6 is 0 Å². The zero-order valence-electron chi connectivity index (χ0n) is 21.7. The van der Waals surface area contributed by atoms with Crippen molar-refractivity contribution in [3.63, 3.8) is 0 Å². The van der Waals surface area contributed by atoms with Gasteiger partial charge in [0.25, 0.3) is 0 Å². The van der Waals surface area contributed by atoms with Gasteiger partial charge in [0, 0.05) is 12.5 Å². The second-order valence-electron chi connectivity index (χ2n) is 13.3. The normalized spacial score (nSPS) is 53.9. The molecule has 1 saturated heterocycles. The lowest BCUT2D eigenvalue weighted by Gasteiger charge is -2.61. The van der Waals surface area contributed by atoms with Crippen LogP contribution in [0, 0.1) is 40.4 Å². The lowest BCUT2D eigenvalue weighted by Crippen LogP contribution is -2.54. The third-order valence-electron chi connectivity index (χ3n) is 11.8. The van der Waals surface area contributed by atoms with Crippen molar-refractivity contribution >= 4 is 5.97 Å². The molecule has 6 aliphatic rings. The Hall–Kier alpha value is -0.950. The maximum Gasteiger partial charge on any atom is 0.331 e. The van der Waals surface area contributed by atoms with Crippen molar-refractivity contribution in [3.05, 3.63) is 11.6 Å². The van der Waals surface area contributed by atoms with E-state index in [0.29, 0.717) is 35.7 Å². The van der Waals surface area contributed by atoms with Crippen LogP contribution in [0.4, 0.5) is 0 Å². The minimum absolute atomic E-state index is 0.147. The zero-order chi connectivity index (χ0) is 24.5. The average Bonchev–Trinajstić information content (AvgIpc) is 3.40. The SMILES string of the molecule is C[C@H]1O[C@@H](OC2CC[C@@]3(C)C(CC[C@H]4[C@H]5CC[C@H](C6=CC(=O)OC6)[C@@]5(C)CC[C@@H]43)C2)C[C@H](O)[C@@H]1O. The Morgan fingerprint density at radius 1 is 0.971 bits per heavy atom. The third-order valence-corrected chi connectivity index (χ3v) is 11.8. The molecule has 0 radical (unpaired) electrons. The van der Waals surface area contributed by atoms with E-state index in [1.165, 1.54) is 50.5 Å². The van der Waals surface area contributed by atoms with Gasteiger partial charge in [-0.3, -0.25) is 0 Å². The second-order valence-corrected chi connectivity index (χ2v) is 13.3. The van der Waals surface area contributed by atoms with Crippen LogP contribution in [0.15, 0.2) is 11.6 Å². The molecule has 12 atom stereocenters. The van der Waals surface area contributed by atoms with Crippen molar-refractivity contribution < 1.29 is 29.2 Å². The van der Waals surface area contributed by atoms with Gasteiger partial charge in [0.05, 0.1) is 18.3 Å². The molecule has 2 N–H and O–H groups in total. The van der Waals surface area contributed by atoms with Crippen LogP contribution in [0.25, 0.3) is 0 Å². The van der Waals surface area contributed by atoms with E-state index in [4.69, 9.17) is 14.2 Å². The van der Waals surface area contributed by atoms with E-state index < -0.39 is 24.6 Å². The summed E-state index contributed by atoms with van der Waals surface area (Å²) in [4.78, 5) is 11.8. The average molecular weight is 489 g/mol. The summed E-state index contributed by atoms with van der Waals surface area (Å²) in [6.45, 7) is 7.41. The van der Waals surface area contributed by atoms with Gasteiger partial charge in [-0.1, -0.05) is 13.8 Å². The largest absolute Gasteiger partial charge is 0.458 e. The quantitative estimate of drug-likeness (QED) is 0.453. The number of carbonyl (C=O) groups is 1. The lowest BCUT2D eigenvalue weighted by molar-refractivity contribution is -0.268. The van der Waals surface area contributed by atoms with Crippen molar-refractivity contribution in [1.82, 2.24) is 0 Å². The van der Waals surface area contributed by atoms with Gasteiger partial charge in [-0.2, -0.15) is 0 Å². The molecule has 4 saturated carbocycles. The Morgan fingerprint density at radius 3 is 2.49 bits per heavy atom. The topological polar surface area (TPSA) is 85.2 Å². The molecule has 0 aromatic heterocycles. The molecule has 0 aromatic rings. The number of aliphatic hydroxyl groups is 2. The van der Waals surface area contributed by atoms with Gasteiger partial charge in [0.1, 0.15) is 12.7 Å². The van der Waals surface area contributed by atoms with Gasteiger partial charge in [0.15, 0.2) is 6.29 Å². The van der Waals surface area contributed by atoms with E-state index in [2.05, 4.69) is 13.8 Å². The smallest absolute Gasteiger partial charge is 0.331 e. The molecule has 0 amide bonds. The molecule has 5 fully saturated rings. The molecule has 196 valence electrons. The maximum atomic E-state index is 11.8. The Bertz CT molecular complexity index is 859. The minimum atomic E-state index is -0.829. The number of fused-ring (bicyclic) bond motifs is 5. The van der Waals surface area contributed by atoms with Gasteiger partial charge in [-0.15, -0.1) is 0 Å². The summed E-state index contributed by atoms with van der Waals surface area (Å²) in [6.07, 6.45) is 10.9. The van der Waals surface area contributed by atoms with E-state index in [1.807, 2.05) is 0 Å². The van der Waals surface area contributed by atoms with Crippen LogP contribution in [0.2, 0.25) is 0 Å². The summed E-state index contributed by atoms with van der Waals surface area (Å²) < 4.78 is 17.5. The predicted molar refractivity (Wildman–Crippen MR) is 130 cm³/mol. The molecule has 2 heterocycles. The Labute approximate surface area is 209 Å². The Morgan fingerprint density at radius 2 is 1.74 bits per heavy atom. The van der Waals surface area contributed by atoms with Crippen molar-refractivity contribution in [1.29, 1.82) is 0 Å². The van der Waals surface area contributed by atoms with Crippen molar-refractivity contribution in [2.75, 3.05) is 6.61 Å². The number of aliphatic hydroxyl groups excluding tert-OH is 2. The van der Waals surface area contributed by atoms with Gasteiger partial charge < -0.3 is 24.4 Å². The van der Waals surface area contributed by atoms with Crippen molar-refractivity contribution in [2.45, 2.75) is 116 Å². The summed E-state index contributed by atoms with van der Waals surface area (Å²) in [5.74, 6) is 3.41. The highest BCUT2D eigenvalue weighted by molar-refractivity contribution is 5.85. The Balaban J connectivity index is 1.12. The minimum Gasteiger partial charge on any atom is -0.458 e. The number of esters is 1. The number of hydrogen-bond donors (Lipinski definition) is 2. The zero-order valence-corrected chi connectivity index (χ0v) is 21.7. The first-order valence-corrected chi connectivity index (χ1v) is 14.2. The van der Waals surface area contributed by atoms with Crippen LogP contribution in [0.3, 0.4) is 0 Å². The molecule has 6 heteroatoms. The summed E-state index contributed by atoms with van der Waals surface area (Å²) in [5.41, 5.74) is 1.95. The molecule has 2 aliphatic heterocycles. The molecule has 0 bridgehead atoms. The molecule has 6 rings (SSSR count). The van der Waals surface area contributed by atoms with Crippen LogP contribution in [0.5, 0.6) is 0 Å². The van der Waals surface area contributed by atoms with E-state index in [9.17, 15) is 15.0 Å². The number of hydrogen-bond acceptors (Lipinski definition) is 6. The first kappa shape index (κ1) is 24.4. The first-order chi connectivity index (χ1) is 16.7.